The van der Waals surface area contributed by atoms with Crippen LogP contribution < -0.4 is 5.32 Å². The van der Waals surface area contributed by atoms with Crippen molar-refractivity contribution >= 4 is 32.4 Å². The summed E-state index contributed by atoms with van der Waals surface area (Å²) in [5.41, 5.74) is 2.54. The Hall–Kier alpha value is -1.84. The van der Waals surface area contributed by atoms with Gasteiger partial charge in [0, 0.05) is 18.7 Å². The van der Waals surface area contributed by atoms with Crippen LogP contribution in [0.2, 0.25) is 0 Å². The normalized spacial score (nSPS) is 16.0. The molecule has 0 radical (unpaired) electrons. The number of piperidine rings is 1. The van der Waals surface area contributed by atoms with E-state index in [2.05, 4.69) is 15.5 Å². The Kier molecular flexibility index (Phi) is 4.93. The van der Waals surface area contributed by atoms with Crippen LogP contribution in [-0.4, -0.2) is 41.9 Å². The molecule has 1 amide bonds. The van der Waals surface area contributed by atoms with Crippen molar-refractivity contribution in [3.05, 3.63) is 34.8 Å². The van der Waals surface area contributed by atoms with Crippen molar-refractivity contribution in [2.24, 2.45) is 0 Å². The minimum Gasteiger partial charge on any atom is -0.296 e. The van der Waals surface area contributed by atoms with Crippen molar-refractivity contribution in [3.63, 3.8) is 0 Å². The highest BCUT2D eigenvalue weighted by Gasteiger charge is 2.27. The lowest BCUT2D eigenvalue weighted by Crippen LogP contribution is -2.35. The van der Waals surface area contributed by atoms with Gasteiger partial charge in [-0.3, -0.25) is 10.1 Å². The molecule has 0 spiro atoms. The van der Waals surface area contributed by atoms with Gasteiger partial charge in [-0.25, -0.2) is 8.42 Å². The molecular weight excluding hydrogens is 348 g/mol. The molecule has 0 aliphatic carbocycles. The van der Waals surface area contributed by atoms with Crippen LogP contribution in [0.25, 0.3) is 0 Å². The quantitative estimate of drug-likeness (QED) is 0.896. The van der Waals surface area contributed by atoms with Gasteiger partial charge in [-0.1, -0.05) is 23.8 Å². The van der Waals surface area contributed by atoms with E-state index in [-0.39, 0.29) is 10.8 Å². The minimum absolute atomic E-state index is 0.150. The number of aromatic nitrogens is 2. The molecule has 1 fully saturated rings. The number of amides is 1. The summed E-state index contributed by atoms with van der Waals surface area (Å²) in [6, 6.07) is 4.66. The van der Waals surface area contributed by atoms with E-state index in [1.807, 2.05) is 0 Å². The molecule has 0 saturated carbocycles. The third kappa shape index (κ3) is 3.47. The van der Waals surface area contributed by atoms with Crippen molar-refractivity contribution in [2.75, 3.05) is 18.4 Å². The molecule has 2 heterocycles. The molecule has 1 aliphatic heterocycles. The number of carbonyl (C=O) groups is 1. The van der Waals surface area contributed by atoms with Crippen LogP contribution in [0.4, 0.5) is 5.13 Å². The number of benzene rings is 1. The van der Waals surface area contributed by atoms with Crippen LogP contribution in [0.1, 0.15) is 35.2 Å². The van der Waals surface area contributed by atoms with Crippen molar-refractivity contribution in [3.8, 4) is 0 Å². The van der Waals surface area contributed by atoms with E-state index in [1.165, 1.54) is 27.2 Å². The Balaban J connectivity index is 1.89. The topological polar surface area (TPSA) is 92.3 Å². The fourth-order valence-corrected chi connectivity index (χ4v) is 4.64. The van der Waals surface area contributed by atoms with E-state index >= 15 is 0 Å². The van der Waals surface area contributed by atoms with Gasteiger partial charge in [0.25, 0.3) is 5.91 Å². The number of sulfonamides is 1. The second-order valence-electron chi connectivity index (χ2n) is 5.64. The van der Waals surface area contributed by atoms with Gasteiger partial charge in [-0.05, 0) is 37.5 Å². The fourth-order valence-electron chi connectivity index (χ4n) is 2.65. The summed E-state index contributed by atoms with van der Waals surface area (Å²) in [6.45, 7) is 2.83. The predicted octanol–water partition coefficient (Wildman–Crippen LogP) is 2.27. The number of anilines is 1. The Labute approximate surface area is 144 Å². The number of carbonyl (C=O) groups excluding carboxylic acids is 1. The Bertz CT molecular complexity index is 828. The highest BCUT2D eigenvalue weighted by molar-refractivity contribution is 7.89. The maximum Gasteiger partial charge on any atom is 0.257 e. The summed E-state index contributed by atoms with van der Waals surface area (Å²) in [6.07, 6.45) is 2.79. The number of aryl methyl sites for hydroxylation is 1. The lowest BCUT2D eigenvalue weighted by Gasteiger charge is -2.26. The van der Waals surface area contributed by atoms with Crippen molar-refractivity contribution in [2.45, 2.75) is 31.1 Å². The molecule has 1 saturated heterocycles. The van der Waals surface area contributed by atoms with Gasteiger partial charge < -0.3 is 0 Å². The lowest BCUT2D eigenvalue weighted by atomic mass is 10.1. The molecule has 1 aromatic carbocycles. The Morgan fingerprint density at radius 2 is 2.00 bits per heavy atom. The molecule has 7 nitrogen and oxygen atoms in total. The van der Waals surface area contributed by atoms with Gasteiger partial charge in [0.1, 0.15) is 5.51 Å². The number of nitrogens with one attached hydrogen (secondary N) is 1. The number of hydrogen-bond donors (Lipinski definition) is 1. The molecule has 9 heteroatoms. The third-order valence-corrected chi connectivity index (χ3v) is 6.49. The summed E-state index contributed by atoms with van der Waals surface area (Å²) >= 11 is 1.20. The maximum absolute atomic E-state index is 12.8. The largest absolute Gasteiger partial charge is 0.296 e. The number of hydrogen-bond acceptors (Lipinski definition) is 6. The Morgan fingerprint density at radius 3 is 2.67 bits per heavy atom. The van der Waals surface area contributed by atoms with Crippen molar-refractivity contribution in [1.82, 2.24) is 14.5 Å². The van der Waals surface area contributed by atoms with E-state index in [9.17, 15) is 13.2 Å². The van der Waals surface area contributed by atoms with Crippen molar-refractivity contribution in [1.29, 1.82) is 0 Å². The highest BCUT2D eigenvalue weighted by Crippen LogP contribution is 2.23. The zero-order valence-corrected chi connectivity index (χ0v) is 14.9. The molecule has 3 rings (SSSR count). The zero-order valence-electron chi connectivity index (χ0n) is 13.2. The van der Waals surface area contributed by atoms with Gasteiger partial charge in [0.05, 0.1) is 4.90 Å². The average molecular weight is 366 g/mol. The second-order valence-corrected chi connectivity index (χ2v) is 8.41. The third-order valence-electron chi connectivity index (χ3n) is 3.99. The SMILES string of the molecule is Cc1ccc(S(=O)(=O)N2CCCCC2)cc1C(=O)Nc1nncs1. The van der Waals surface area contributed by atoms with Crippen LogP contribution in [0.3, 0.4) is 0 Å². The van der Waals surface area contributed by atoms with E-state index in [0.717, 1.165) is 19.3 Å². The van der Waals surface area contributed by atoms with Gasteiger partial charge >= 0.3 is 0 Å². The minimum atomic E-state index is -3.57. The van der Waals surface area contributed by atoms with Gasteiger partial charge in [0.15, 0.2) is 0 Å². The van der Waals surface area contributed by atoms with Gasteiger partial charge in [-0.2, -0.15) is 4.31 Å². The van der Waals surface area contributed by atoms with Crippen LogP contribution in [0, 0.1) is 6.92 Å². The van der Waals surface area contributed by atoms with E-state index in [0.29, 0.717) is 29.3 Å². The van der Waals surface area contributed by atoms with Crippen LogP contribution >= 0.6 is 11.3 Å². The van der Waals surface area contributed by atoms with E-state index in [4.69, 9.17) is 0 Å². The molecule has 1 aromatic heterocycles. The van der Waals surface area contributed by atoms with Crippen molar-refractivity contribution < 1.29 is 13.2 Å². The molecule has 0 atom stereocenters. The molecule has 1 N–H and O–H groups in total. The summed E-state index contributed by atoms with van der Waals surface area (Å²) in [5, 5.41) is 10.4. The average Bonchev–Trinajstić information content (AvgIpc) is 3.08. The molecular formula is C15H18N4O3S2. The van der Waals surface area contributed by atoms with Crippen LogP contribution in [0.15, 0.2) is 28.6 Å². The molecule has 0 unspecified atom stereocenters. The summed E-state index contributed by atoms with van der Waals surface area (Å²) in [4.78, 5) is 12.6. The van der Waals surface area contributed by atoms with Crippen LogP contribution in [-0.2, 0) is 10.0 Å². The molecule has 2 aromatic rings. The predicted molar refractivity (Wildman–Crippen MR) is 91.7 cm³/mol. The van der Waals surface area contributed by atoms with E-state index in [1.54, 1.807) is 19.1 Å². The Morgan fingerprint density at radius 1 is 1.25 bits per heavy atom. The zero-order chi connectivity index (χ0) is 17.2. The first-order valence-electron chi connectivity index (χ1n) is 7.67. The molecule has 128 valence electrons. The lowest BCUT2D eigenvalue weighted by molar-refractivity contribution is 0.102. The molecule has 24 heavy (non-hydrogen) atoms. The second kappa shape index (κ2) is 6.96. The van der Waals surface area contributed by atoms with Gasteiger partial charge in [-0.15, -0.1) is 10.2 Å². The first kappa shape index (κ1) is 17.0. The summed E-state index contributed by atoms with van der Waals surface area (Å²) in [5.74, 6) is -0.389. The van der Waals surface area contributed by atoms with Gasteiger partial charge in [0.2, 0.25) is 15.2 Å². The fraction of sp³-hybridized carbons (Fsp3) is 0.400. The first-order chi connectivity index (χ1) is 11.5. The monoisotopic (exact) mass is 366 g/mol. The molecule has 0 bridgehead atoms. The maximum atomic E-state index is 12.8. The summed E-state index contributed by atoms with van der Waals surface area (Å²) < 4.78 is 27.0. The summed E-state index contributed by atoms with van der Waals surface area (Å²) in [7, 11) is -3.57. The first-order valence-corrected chi connectivity index (χ1v) is 9.99. The number of rotatable bonds is 4. The standard InChI is InChI=1S/C15H18N4O3S2/c1-11-5-6-12(24(21,22)19-7-3-2-4-8-19)9-13(11)14(20)17-15-18-16-10-23-15/h5-6,9-10H,2-4,7-8H2,1H3,(H,17,18,20). The van der Waals surface area contributed by atoms with Crippen LogP contribution in [0.5, 0.6) is 0 Å². The smallest absolute Gasteiger partial charge is 0.257 e. The van der Waals surface area contributed by atoms with E-state index < -0.39 is 10.0 Å². The molecule has 1 aliphatic rings. The highest BCUT2D eigenvalue weighted by atomic mass is 32.2. The number of nitrogens with zero attached hydrogens (tertiary/aromatic N) is 3.